The minimum Gasteiger partial charge on any atom is -0.311 e. The highest BCUT2D eigenvalue weighted by Crippen LogP contribution is 2.26. The van der Waals surface area contributed by atoms with Crippen LogP contribution in [0.3, 0.4) is 0 Å². The largest absolute Gasteiger partial charge is 0.311 e. The Labute approximate surface area is 98.4 Å². The lowest BCUT2D eigenvalue weighted by molar-refractivity contribution is 0.344. The van der Waals surface area contributed by atoms with Gasteiger partial charge < -0.3 is 10.6 Å². The third kappa shape index (κ3) is 2.00. The smallest absolute Gasteiger partial charge is 0.0476 e. The van der Waals surface area contributed by atoms with Crippen molar-refractivity contribution >= 4 is 0 Å². The van der Waals surface area contributed by atoms with Gasteiger partial charge in [0.05, 0.1) is 0 Å². The van der Waals surface area contributed by atoms with Crippen molar-refractivity contribution in [3.63, 3.8) is 0 Å². The lowest BCUT2D eigenvalue weighted by atomic mass is 9.90. The molecule has 1 saturated heterocycles. The second-order valence-electron chi connectivity index (χ2n) is 4.90. The molecule has 1 aromatic carbocycles. The van der Waals surface area contributed by atoms with Crippen LogP contribution in [-0.2, 0) is 0 Å². The molecule has 1 aliphatic heterocycles. The molecule has 2 heteroatoms. The van der Waals surface area contributed by atoms with Gasteiger partial charge in [-0.2, -0.15) is 0 Å². The minimum absolute atomic E-state index is 0.452. The van der Waals surface area contributed by atoms with Crippen LogP contribution >= 0.6 is 0 Å². The number of hydrogen-bond acceptors (Lipinski definition) is 2. The number of piperazine rings is 1. The van der Waals surface area contributed by atoms with Crippen LogP contribution in [0.15, 0.2) is 12.1 Å². The lowest BCUT2D eigenvalue weighted by Gasteiger charge is -2.33. The molecule has 2 nitrogen and oxygen atoms in total. The van der Waals surface area contributed by atoms with E-state index in [9.17, 15) is 0 Å². The van der Waals surface area contributed by atoms with Crippen LogP contribution < -0.4 is 10.6 Å². The van der Waals surface area contributed by atoms with E-state index in [2.05, 4.69) is 50.5 Å². The Morgan fingerprint density at radius 2 is 1.69 bits per heavy atom. The molecule has 1 aliphatic rings. The molecule has 0 bridgehead atoms. The first-order valence-electron chi connectivity index (χ1n) is 6.14. The zero-order valence-electron chi connectivity index (χ0n) is 10.7. The molecule has 2 rings (SSSR count). The van der Waals surface area contributed by atoms with Gasteiger partial charge in [0.15, 0.2) is 0 Å². The minimum atomic E-state index is 0.452. The maximum atomic E-state index is 3.61. The SMILES string of the molecule is Cc1ccc(C2NCCNC2C)c(C)c1C. The number of nitrogens with one attached hydrogen (secondary N) is 2. The summed E-state index contributed by atoms with van der Waals surface area (Å²) < 4.78 is 0. The first-order chi connectivity index (χ1) is 7.61. The zero-order chi connectivity index (χ0) is 11.7. The fourth-order valence-corrected chi connectivity index (χ4v) is 2.52. The van der Waals surface area contributed by atoms with Crippen LogP contribution in [0.4, 0.5) is 0 Å². The topological polar surface area (TPSA) is 24.1 Å². The standard InChI is InChI=1S/C14H22N2/c1-9-5-6-13(11(3)10(9)2)14-12(4)15-7-8-16-14/h5-6,12,14-16H,7-8H2,1-4H3. The highest BCUT2D eigenvalue weighted by molar-refractivity contribution is 5.41. The first kappa shape index (κ1) is 11.6. The Balaban J connectivity index is 2.36. The van der Waals surface area contributed by atoms with Gasteiger partial charge >= 0.3 is 0 Å². The Bertz CT molecular complexity index is 385. The number of aryl methyl sites for hydroxylation is 1. The van der Waals surface area contributed by atoms with Gasteiger partial charge in [-0.1, -0.05) is 12.1 Å². The molecule has 16 heavy (non-hydrogen) atoms. The maximum Gasteiger partial charge on any atom is 0.0476 e. The van der Waals surface area contributed by atoms with Crippen molar-refractivity contribution < 1.29 is 0 Å². The van der Waals surface area contributed by atoms with Crippen molar-refractivity contribution in [2.45, 2.75) is 39.8 Å². The molecule has 0 amide bonds. The first-order valence-corrected chi connectivity index (χ1v) is 6.14. The third-order valence-corrected chi connectivity index (χ3v) is 3.89. The summed E-state index contributed by atoms with van der Waals surface area (Å²) in [6.45, 7) is 11.0. The summed E-state index contributed by atoms with van der Waals surface area (Å²) in [7, 11) is 0. The predicted octanol–water partition coefficient (Wildman–Crippen LogP) is 2.23. The summed E-state index contributed by atoms with van der Waals surface area (Å²) in [5.74, 6) is 0. The fourth-order valence-electron chi connectivity index (χ4n) is 2.52. The average Bonchev–Trinajstić information content (AvgIpc) is 2.28. The monoisotopic (exact) mass is 218 g/mol. The van der Waals surface area contributed by atoms with Crippen molar-refractivity contribution in [1.82, 2.24) is 10.6 Å². The van der Waals surface area contributed by atoms with Crippen LogP contribution in [0.2, 0.25) is 0 Å². The molecule has 1 heterocycles. The quantitative estimate of drug-likeness (QED) is 0.755. The normalized spacial score (nSPS) is 25.8. The van der Waals surface area contributed by atoms with E-state index >= 15 is 0 Å². The van der Waals surface area contributed by atoms with E-state index in [1.54, 1.807) is 0 Å². The van der Waals surface area contributed by atoms with Crippen LogP contribution in [0.25, 0.3) is 0 Å². The maximum absolute atomic E-state index is 3.61. The van der Waals surface area contributed by atoms with Gasteiger partial charge in [-0.25, -0.2) is 0 Å². The van der Waals surface area contributed by atoms with Crippen LogP contribution in [0.1, 0.15) is 35.2 Å². The lowest BCUT2D eigenvalue weighted by Crippen LogP contribution is -2.49. The van der Waals surface area contributed by atoms with Gasteiger partial charge in [0.2, 0.25) is 0 Å². The molecule has 2 N–H and O–H groups in total. The molecule has 2 unspecified atom stereocenters. The summed E-state index contributed by atoms with van der Waals surface area (Å²) in [6.07, 6.45) is 0. The molecule has 0 spiro atoms. The van der Waals surface area contributed by atoms with Gasteiger partial charge in [0, 0.05) is 25.2 Å². The van der Waals surface area contributed by atoms with Crippen LogP contribution in [0, 0.1) is 20.8 Å². The third-order valence-electron chi connectivity index (χ3n) is 3.89. The summed E-state index contributed by atoms with van der Waals surface area (Å²) in [5, 5.41) is 7.14. The summed E-state index contributed by atoms with van der Waals surface area (Å²) in [6, 6.07) is 5.47. The van der Waals surface area contributed by atoms with Gasteiger partial charge in [0.1, 0.15) is 0 Å². The van der Waals surface area contributed by atoms with E-state index in [1.807, 2.05) is 0 Å². The second kappa shape index (κ2) is 4.56. The number of rotatable bonds is 1. The Morgan fingerprint density at radius 1 is 1.00 bits per heavy atom. The molecule has 2 atom stereocenters. The zero-order valence-corrected chi connectivity index (χ0v) is 10.7. The number of hydrogen-bond donors (Lipinski definition) is 2. The molecule has 1 fully saturated rings. The van der Waals surface area contributed by atoms with Crippen LogP contribution in [-0.4, -0.2) is 19.1 Å². The Morgan fingerprint density at radius 3 is 2.38 bits per heavy atom. The van der Waals surface area contributed by atoms with Crippen molar-refractivity contribution in [2.24, 2.45) is 0 Å². The molecule has 0 aromatic heterocycles. The Hall–Kier alpha value is -0.860. The Kier molecular flexibility index (Phi) is 3.31. The van der Waals surface area contributed by atoms with Gasteiger partial charge in [0.25, 0.3) is 0 Å². The second-order valence-corrected chi connectivity index (χ2v) is 4.90. The van der Waals surface area contributed by atoms with E-state index in [4.69, 9.17) is 0 Å². The fraction of sp³-hybridized carbons (Fsp3) is 0.571. The van der Waals surface area contributed by atoms with E-state index < -0.39 is 0 Å². The van der Waals surface area contributed by atoms with Crippen molar-refractivity contribution in [3.8, 4) is 0 Å². The predicted molar refractivity (Wildman–Crippen MR) is 68.9 cm³/mol. The number of benzene rings is 1. The van der Waals surface area contributed by atoms with Crippen LogP contribution in [0.5, 0.6) is 0 Å². The van der Waals surface area contributed by atoms with Crippen molar-refractivity contribution in [1.29, 1.82) is 0 Å². The highest BCUT2D eigenvalue weighted by Gasteiger charge is 2.23. The molecule has 88 valence electrons. The molecular weight excluding hydrogens is 196 g/mol. The van der Waals surface area contributed by atoms with Gasteiger partial charge in [-0.3, -0.25) is 0 Å². The van der Waals surface area contributed by atoms with E-state index in [0.717, 1.165) is 13.1 Å². The molecule has 1 aromatic rings. The van der Waals surface area contributed by atoms with E-state index in [-0.39, 0.29) is 0 Å². The molecule has 0 saturated carbocycles. The van der Waals surface area contributed by atoms with Crippen molar-refractivity contribution in [3.05, 3.63) is 34.4 Å². The van der Waals surface area contributed by atoms with Gasteiger partial charge in [-0.05, 0) is 49.9 Å². The summed E-state index contributed by atoms with van der Waals surface area (Å²) in [5.41, 5.74) is 5.70. The molecular formula is C14H22N2. The molecule has 0 aliphatic carbocycles. The molecule has 0 radical (unpaired) electrons. The van der Waals surface area contributed by atoms with Gasteiger partial charge in [-0.15, -0.1) is 0 Å². The van der Waals surface area contributed by atoms with Crippen molar-refractivity contribution in [2.75, 3.05) is 13.1 Å². The van der Waals surface area contributed by atoms with E-state index in [0.29, 0.717) is 12.1 Å². The average molecular weight is 218 g/mol. The summed E-state index contributed by atoms with van der Waals surface area (Å²) in [4.78, 5) is 0. The van der Waals surface area contributed by atoms with E-state index in [1.165, 1.54) is 22.3 Å². The highest BCUT2D eigenvalue weighted by atomic mass is 15.1. The summed E-state index contributed by atoms with van der Waals surface area (Å²) >= 11 is 0.